The highest BCUT2D eigenvalue weighted by molar-refractivity contribution is 7.13. The molecule has 7 nitrogen and oxygen atoms in total. The van der Waals surface area contributed by atoms with E-state index in [-0.39, 0.29) is 23.1 Å². The van der Waals surface area contributed by atoms with Crippen molar-refractivity contribution in [3.8, 4) is 10.6 Å². The number of nitrogens with two attached hydrogens (primary N) is 1. The van der Waals surface area contributed by atoms with Crippen LogP contribution in [0.3, 0.4) is 0 Å². The van der Waals surface area contributed by atoms with Crippen LogP contribution in [-0.2, 0) is 0 Å². The molecule has 0 spiro atoms. The number of hydrogen-bond acceptors (Lipinski definition) is 6. The van der Waals surface area contributed by atoms with Gasteiger partial charge in [-0.1, -0.05) is 26.0 Å². The number of carbonyl (C=O) groups excluding carboxylic acids is 1. The zero-order valence-electron chi connectivity index (χ0n) is 14.1. The monoisotopic (exact) mass is 360 g/mol. The van der Waals surface area contributed by atoms with Gasteiger partial charge in [-0.3, -0.25) is 14.9 Å². The molecule has 1 fully saturated rings. The number of carbonyl (C=O) groups is 1. The van der Waals surface area contributed by atoms with Gasteiger partial charge in [-0.2, -0.15) is 0 Å². The summed E-state index contributed by atoms with van der Waals surface area (Å²) >= 11 is 1.31. The number of likely N-dealkylation sites (tertiary alicyclic amines) is 1. The van der Waals surface area contributed by atoms with Crippen molar-refractivity contribution in [1.82, 2.24) is 9.88 Å². The summed E-state index contributed by atoms with van der Waals surface area (Å²) < 4.78 is 0. The molecule has 0 saturated carbocycles. The largest absolute Gasteiger partial charge is 0.337 e. The number of non-ortho nitro benzene ring substituents is 1. The number of amides is 1. The Labute approximate surface area is 149 Å². The number of aromatic nitrogens is 1. The molecule has 25 heavy (non-hydrogen) atoms. The van der Waals surface area contributed by atoms with Gasteiger partial charge in [0, 0.05) is 42.2 Å². The van der Waals surface area contributed by atoms with E-state index < -0.39 is 4.92 Å². The third-order valence-electron chi connectivity index (χ3n) is 4.63. The molecule has 2 N–H and O–H groups in total. The van der Waals surface area contributed by atoms with Crippen molar-refractivity contribution in [1.29, 1.82) is 0 Å². The lowest BCUT2D eigenvalue weighted by molar-refractivity contribution is -0.384. The van der Waals surface area contributed by atoms with E-state index in [2.05, 4.69) is 18.8 Å². The summed E-state index contributed by atoms with van der Waals surface area (Å²) in [4.78, 5) is 29.4. The molecule has 1 aromatic carbocycles. The van der Waals surface area contributed by atoms with Crippen molar-refractivity contribution >= 4 is 22.9 Å². The third kappa shape index (κ3) is 3.54. The summed E-state index contributed by atoms with van der Waals surface area (Å²) in [6.07, 6.45) is 0.764. The normalized spacial score (nSPS) is 19.6. The molecule has 0 aliphatic carbocycles. The van der Waals surface area contributed by atoms with E-state index >= 15 is 0 Å². The first-order chi connectivity index (χ1) is 11.8. The van der Waals surface area contributed by atoms with Crippen LogP contribution in [0.2, 0.25) is 0 Å². The Balaban J connectivity index is 1.81. The molecular weight excluding hydrogens is 340 g/mol. The topological polar surface area (TPSA) is 102 Å². The van der Waals surface area contributed by atoms with Gasteiger partial charge in [0.15, 0.2) is 0 Å². The Hall–Kier alpha value is -2.32. The molecule has 1 unspecified atom stereocenters. The van der Waals surface area contributed by atoms with Crippen molar-refractivity contribution in [3.05, 3.63) is 45.5 Å². The minimum atomic E-state index is -0.442. The minimum Gasteiger partial charge on any atom is -0.337 e. The lowest BCUT2D eigenvalue weighted by Gasteiger charge is -2.42. The van der Waals surface area contributed by atoms with Crippen molar-refractivity contribution in [2.75, 3.05) is 13.1 Å². The molecule has 0 bridgehead atoms. The molecule has 1 aliphatic heterocycles. The van der Waals surface area contributed by atoms with Crippen LogP contribution in [0.5, 0.6) is 0 Å². The fraction of sp³-hybridized carbons (Fsp3) is 0.412. The number of rotatable bonds is 3. The van der Waals surface area contributed by atoms with Gasteiger partial charge in [-0.15, -0.1) is 11.3 Å². The summed E-state index contributed by atoms with van der Waals surface area (Å²) in [6, 6.07) is 6.35. The van der Waals surface area contributed by atoms with Gasteiger partial charge in [0.2, 0.25) is 0 Å². The third-order valence-corrected chi connectivity index (χ3v) is 5.52. The van der Waals surface area contributed by atoms with Gasteiger partial charge in [0.1, 0.15) is 10.7 Å². The molecule has 1 aliphatic rings. The molecule has 2 aromatic rings. The van der Waals surface area contributed by atoms with E-state index in [1.807, 2.05) is 0 Å². The van der Waals surface area contributed by atoms with E-state index in [1.165, 1.54) is 23.5 Å². The molecule has 1 aromatic heterocycles. The molecule has 1 atom stereocenters. The molecule has 0 radical (unpaired) electrons. The second-order valence-corrected chi connectivity index (χ2v) is 7.81. The molecule has 2 heterocycles. The number of piperidine rings is 1. The second-order valence-electron chi connectivity index (χ2n) is 6.96. The average Bonchev–Trinajstić information content (AvgIpc) is 3.06. The number of benzene rings is 1. The fourth-order valence-corrected chi connectivity index (χ4v) is 3.76. The van der Waals surface area contributed by atoms with Crippen molar-refractivity contribution in [2.24, 2.45) is 11.1 Å². The van der Waals surface area contributed by atoms with Crippen LogP contribution in [0.1, 0.15) is 30.8 Å². The van der Waals surface area contributed by atoms with E-state index in [9.17, 15) is 14.9 Å². The summed E-state index contributed by atoms with van der Waals surface area (Å²) in [7, 11) is 0. The molecule has 8 heteroatoms. The van der Waals surface area contributed by atoms with Crippen LogP contribution in [0, 0.1) is 15.5 Å². The first kappa shape index (κ1) is 17.5. The van der Waals surface area contributed by atoms with Crippen LogP contribution < -0.4 is 5.73 Å². The van der Waals surface area contributed by atoms with Crippen molar-refractivity contribution in [3.63, 3.8) is 0 Å². The molecule has 132 valence electrons. The summed E-state index contributed by atoms with van der Waals surface area (Å²) in [5.41, 5.74) is 7.01. The fourth-order valence-electron chi connectivity index (χ4n) is 2.97. The predicted octanol–water partition coefficient (Wildman–Crippen LogP) is 2.92. The Kier molecular flexibility index (Phi) is 4.57. The number of hydrogen-bond donors (Lipinski definition) is 1. The Morgan fingerprint density at radius 1 is 1.48 bits per heavy atom. The quantitative estimate of drug-likeness (QED) is 0.670. The van der Waals surface area contributed by atoms with Crippen molar-refractivity contribution in [2.45, 2.75) is 26.3 Å². The molecule has 1 saturated heterocycles. The smallest absolute Gasteiger partial charge is 0.273 e. The van der Waals surface area contributed by atoms with Crippen LogP contribution in [0.4, 0.5) is 5.69 Å². The van der Waals surface area contributed by atoms with Crippen LogP contribution in [0.25, 0.3) is 10.6 Å². The van der Waals surface area contributed by atoms with Gasteiger partial charge in [0.05, 0.1) is 4.92 Å². The van der Waals surface area contributed by atoms with E-state index in [4.69, 9.17) is 5.73 Å². The maximum Gasteiger partial charge on any atom is 0.273 e. The van der Waals surface area contributed by atoms with Crippen LogP contribution >= 0.6 is 11.3 Å². The summed E-state index contributed by atoms with van der Waals surface area (Å²) in [6.45, 7) is 5.34. The Morgan fingerprint density at radius 2 is 2.24 bits per heavy atom. The highest BCUT2D eigenvalue weighted by Crippen LogP contribution is 2.30. The number of nitrogens with zero attached hydrogens (tertiary/aromatic N) is 3. The molecular formula is C17H20N4O3S. The lowest BCUT2D eigenvalue weighted by atomic mass is 9.79. The van der Waals surface area contributed by atoms with Gasteiger partial charge in [0.25, 0.3) is 11.6 Å². The first-order valence-electron chi connectivity index (χ1n) is 8.03. The Bertz CT molecular complexity index is 818. The zero-order chi connectivity index (χ0) is 18.2. The number of thiazole rings is 1. The predicted molar refractivity (Wildman–Crippen MR) is 96.5 cm³/mol. The first-order valence-corrected chi connectivity index (χ1v) is 8.91. The molecule has 3 rings (SSSR count). The minimum absolute atomic E-state index is 0.00680. The zero-order valence-corrected chi connectivity index (χ0v) is 15.0. The van der Waals surface area contributed by atoms with E-state index in [0.29, 0.717) is 29.4 Å². The van der Waals surface area contributed by atoms with Crippen LogP contribution in [-0.4, -0.2) is 39.8 Å². The lowest BCUT2D eigenvalue weighted by Crippen LogP contribution is -2.54. The average molecular weight is 360 g/mol. The van der Waals surface area contributed by atoms with Gasteiger partial charge >= 0.3 is 0 Å². The molecule has 1 amide bonds. The maximum atomic E-state index is 12.7. The highest BCUT2D eigenvalue weighted by atomic mass is 32.1. The number of nitro groups is 1. The van der Waals surface area contributed by atoms with Gasteiger partial charge < -0.3 is 10.6 Å². The SMILES string of the molecule is CC1(C)CN(C(=O)c2csc(-c3cccc([N+](=O)[O-])c3)n2)CCC1N. The van der Waals surface area contributed by atoms with E-state index in [1.54, 1.807) is 22.4 Å². The van der Waals surface area contributed by atoms with E-state index in [0.717, 1.165) is 6.42 Å². The van der Waals surface area contributed by atoms with Gasteiger partial charge in [-0.25, -0.2) is 4.98 Å². The number of nitro benzene ring substituents is 1. The van der Waals surface area contributed by atoms with Gasteiger partial charge in [-0.05, 0) is 11.8 Å². The standard InChI is InChI=1S/C17H20N4O3S/c1-17(2)10-20(7-6-14(17)18)16(22)13-9-25-15(19-13)11-4-3-5-12(8-11)21(23)24/h3-5,8-9,14H,6-7,10,18H2,1-2H3. The highest BCUT2D eigenvalue weighted by Gasteiger charge is 2.36. The second kappa shape index (κ2) is 6.53. The summed E-state index contributed by atoms with van der Waals surface area (Å²) in [5, 5.41) is 13.2. The maximum absolute atomic E-state index is 12.7. The van der Waals surface area contributed by atoms with Crippen molar-refractivity contribution < 1.29 is 9.72 Å². The van der Waals surface area contributed by atoms with Crippen LogP contribution in [0.15, 0.2) is 29.6 Å². The Morgan fingerprint density at radius 3 is 2.92 bits per heavy atom. The summed E-state index contributed by atoms with van der Waals surface area (Å²) in [5.74, 6) is -0.118.